The summed E-state index contributed by atoms with van der Waals surface area (Å²) in [7, 11) is -3.35. The number of alkyl halides is 2. The first-order valence-corrected chi connectivity index (χ1v) is 12.0. The third-order valence-electron chi connectivity index (χ3n) is 5.30. The molecule has 1 N–H and O–H groups in total. The molecule has 0 spiro atoms. The van der Waals surface area contributed by atoms with E-state index in [0.717, 1.165) is 11.5 Å². The van der Waals surface area contributed by atoms with Crippen molar-refractivity contribution >= 4 is 38.0 Å². The van der Waals surface area contributed by atoms with Crippen molar-refractivity contribution in [3.63, 3.8) is 0 Å². The molecular formula is C20H21F2N3O3S2. The second kappa shape index (κ2) is 8.14. The number of rotatable bonds is 6. The van der Waals surface area contributed by atoms with Gasteiger partial charge in [0.1, 0.15) is 18.2 Å². The molecule has 10 heteroatoms. The van der Waals surface area contributed by atoms with Crippen LogP contribution >= 0.6 is 11.5 Å². The highest BCUT2D eigenvalue weighted by Crippen LogP contribution is 2.36. The summed E-state index contributed by atoms with van der Waals surface area (Å²) in [6.07, 6.45) is -0.196. The fraction of sp³-hybridized carbons (Fsp3) is 0.450. The second-order valence-electron chi connectivity index (χ2n) is 7.71. The van der Waals surface area contributed by atoms with Crippen molar-refractivity contribution in [2.75, 3.05) is 5.32 Å². The van der Waals surface area contributed by atoms with Crippen molar-refractivity contribution in [1.29, 1.82) is 0 Å². The summed E-state index contributed by atoms with van der Waals surface area (Å²) in [4.78, 5) is 17.2. The monoisotopic (exact) mass is 453 g/mol. The molecule has 1 amide bonds. The minimum atomic E-state index is -3.35. The summed E-state index contributed by atoms with van der Waals surface area (Å²) < 4.78 is 56.1. The molecule has 2 saturated carbocycles. The Morgan fingerprint density at radius 1 is 1.17 bits per heavy atom. The van der Waals surface area contributed by atoms with Crippen LogP contribution in [-0.4, -0.2) is 41.3 Å². The van der Waals surface area contributed by atoms with Gasteiger partial charge in [-0.25, -0.2) is 22.2 Å². The first-order chi connectivity index (χ1) is 14.2. The molecule has 2 unspecified atom stereocenters. The minimum Gasteiger partial charge on any atom is -0.297 e. The van der Waals surface area contributed by atoms with E-state index in [0.29, 0.717) is 29.4 Å². The van der Waals surface area contributed by atoms with Gasteiger partial charge in [-0.15, -0.1) is 0 Å². The van der Waals surface area contributed by atoms with Gasteiger partial charge in [0.15, 0.2) is 9.84 Å². The molecule has 1 aromatic carbocycles. The van der Waals surface area contributed by atoms with E-state index in [1.165, 1.54) is 12.1 Å². The minimum absolute atomic E-state index is 0.00397. The number of sulfone groups is 1. The number of carbonyl (C=O) groups is 1. The van der Waals surface area contributed by atoms with E-state index in [2.05, 4.69) is 14.7 Å². The van der Waals surface area contributed by atoms with Crippen LogP contribution in [0.25, 0.3) is 5.57 Å². The molecule has 0 aliphatic heterocycles. The van der Waals surface area contributed by atoms with Gasteiger partial charge in [0.2, 0.25) is 5.13 Å². The Bertz CT molecular complexity index is 1070. The van der Waals surface area contributed by atoms with Crippen LogP contribution in [-0.2, 0) is 14.6 Å². The van der Waals surface area contributed by atoms with E-state index in [1.54, 1.807) is 25.1 Å². The summed E-state index contributed by atoms with van der Waals surface area (Å²) >= 11 is 1.03. The van der Waals surface area contributed by atoms with Gasteiger partial charge in [0, 0.05) is 17.1 Å². The fourth-order valence-electron chi connectivity index (χ4n) is 3.55. The van der Waals surface area contributed by atoms with E-state index in [1.807, 2.05) is 0 Å². The Balaban J connectivity index is 1.63. The molecule has 2 aromatic rings. The lowest BCUT2D eigenvalue weighted by molar-refractivity contribution is -0.111. The maximum absolute atomic E-state index is 13.6. The molecule has 0 saturated heterocycles. The van der Waals surface area contributed by atoms with Crippen LogP contribution in [0.2, 0.25) is 0 Å². The number of anilines is 1. The van der Waals surface area contributed by atoms with Crippen molar-refractivity contribution in [3.8, 4) is 0 Å². The normalized spacial score (nSPS) is 24.8. The number of aryl methyl sites for hydroxylation is 1. The molecule has 6 nitrogen and oxygen atoms in total. The molecule has 4 rings (SSSR count). The first kappa shape index (κ1) is 21.0. The Kier molecular flexibility index (Phi) is 5.71. The van der Waals surface area contributed by atoms with Crippen molar-refractivity contribution < 1.29 is 22.0 Å². The predicted octanol–water partition coefficient (Wildman–Crippen LogP) is 3.89. The lowest BCUT2D eigenvalue weighted by Crippen LogP contribution is -2.15. The number of carbonyl (C=O) groups excluding carboxylic acids is 1. The van der Waals surface area contributed by atoms with Crippen LogP contribution in [0.5, 0.6) is 0 Å². The number of benzene rings is 1. The van der Waals surface area contributed by atoms with Gasteiger partial charge in [-0.1, -0.05) is 18.2 Å². The van der Waals surface area contributed by atoms with Gasteiger partial charge >= 0.3 is 0 Å². The molecule has 160 valence electrons. The molecule has 30 heavy (non-hydrogen) atoms. The molecular weight excluding hydrogens is 432 g/mol. The zero-order chi connectivity index (χ0) is 21.5. The van der Waals surface area contributed by atoms with Crippen LogP contribution in [0.1, 0.15) is 37.1 Å². The van der Waals surface area contributed by atoms with Crippen molar-refractivity contribution in [1.82, 2.24) is 9.36 Å². The molecule has 1 aromatic heterocycles. The number of hydrogen-bond donors (Lipinski definition) is 1. The average Bonchev–Trinajstić information content (AvgIpc) is 3.42. The molecule has 0 radical (unpaired) electrons. The molecule has 2 aliphatic carbocycles. The van der Waals surface area contributed by atoms with Crippen LogP contribution < -0.4 is 5.32 Å². The van der Waals surface area contributed by atoms with Crippen LogP contribution in [0.4, 0.5) is 13.9 Å². The SMILES string of the molecule is Cc1nsc(NC(=O)/C(=C/C2CC(F)C(F)C2)c2ccc(S(=O)(=O)C3CC3)cc2)n1. The van der Waals surface area contributed by atoms with Crippen LogP contribution in [0.15, 0.2) is 35.2 Å². The van der Waals surface area contributed by atoms with Crippen molar-refractivity contribution in [3.05, 3.63) is 41.7 Å². The van der Waals surface area contributed by atoms with Gasteiger partial charge in [-0.3, -0.25) is 10.1 Å². The highest BCUT2D eigenvalue weighted by atomic mass is 32.2. The standard InChI is InChI=1S/C20H21F2N3O3S2/c1-11-23-20(29-25-11)24-19(26)16(8-12-9-17(21)18(22)10-12)13-2-4-14(5-3-13)30(27,28)15-6-7-15/h2-5,8,12,15,17-18H,6-7,9-10H2,1H3,(H,23,24,25,26)/b16-8+. The molecule has 0 bridgehead atoms. The molecule has 2 fully saturated rings. The summed E-state index contributed by atoms with van der Waals surface area (Å²) in [5, 5.41) is 2.65. The Labute approximate surface area is 177 Å². The average molecular weight is 454 g/mol. The van der Waals surface area contributed by atoms with Gasteiger partial charge in [-0.05, 0) is 56.2 Å². The van der Waals surface area contributed by atoms with Crippen LogP contribution in [0.3, 0.4) is 0 Å². The van der Waals surface area contributed by atoms with Gasteiger partial charge in [0.25, 0.3) is 5.91 Å². The first-order valence-electron chi connectivity index (χ1n) is 9.70. The quantitative estimate of drug-likeness (QED) is 0.671. The molecule has 1 heterocycles. The molecule has 2 aliphatic rings. The number of amides is 1. The Hall–Kier alpha value is -2.20. The molecule has 2 atom stereocenters. The summed E-state index contributed by atoms with van der Waals surface area (Å²) in [6, 6.07) is 6.06. The topological polar surface area (TPSA) is 89.0 Å². The summed E-state index contributed by atoms with van der Waals surface area (Å²) in [5.41, 5.74) is 0.700. The van der Waals surface area contributed by atoms with Gasteiger partial charge < -0.3 is 0 Å². The number of allylic oxidation sites excluding steroid dienone is 1. The van der Waals surface area contributed by atoms with Crippen LogP contribution in [0, 0.1) is 12.8 Å². The number of hydrogen-bond acceptors (Lipinski definition) is 6. The van der Waals surface area contributed by atoms with Crippen molar-refractivity contribution in [2.45, 2.75) is 55.1 Å². The number of nitrogens with zero attached hydrogens (tertiary/aromatic N) is 2. The Morgan fingerprint density at radius 3 is 2.33 bits per heavy atom. The number of halogens is 2. The second-order valence-corrected chi connectivity index (χ2v) is 10.7. The van der Waals surface area contributed by atoms with Crippen molar-refractivity contribution in [2.24, 2.45) is 5.92 Å². The van der Waals surface area contributed by atoms with E-state index in [-0.39, 0.29) is 28.6 Å². The zero-order valence-corrected chi connectivity index (χ0v) is 17.8. The lowest BCUT2D eigenvalue weighted by atomic mass is 9.98. The predicted molar refractivity (Wildman–Crippen MR) is 110 cm³/mol. The summed E-state index contributed by atoms with van der Waals surface area (Å²) in [6.45, 7) is 1.70. The smallest absolute Gasteiger partial charge is 0.257 e. The number of aromatic nitrogens is 2. The van der Waals surface area contributed by atoms with E-state index < -0.39 is 34.0 Å². The van der Waals surface area contributed by atoms with E-state index in [4.69, 9.17) is 0 Å². The fourth-order valence-corrected chi connectivity index (χ4v) is 5.78. The largest absolute Gasteiger partial charge is 0.297 e. The number of nitrogens with one attached hydrogen (secondary N) is 1. The van der Waals surface area contributed by atoms with E-state index >= 15 is 0 Å². The zero-order valence-electron chi connectivity index (χ0n) is 16.2. The highest BCUT2D eigenvalue weighted by molar-refractivity contribution is 7.92. The van der Waals surface area contributed by atoms with Gasteiger partial charge in [0.05, 0.1) is 10.1 Å². The lowest BCUT2D eigenvalue weighted by Gasteiger charge is -2.11. The highest BCUT2D eigenvalue weighted by Gasteiger charge is 2.37. The van der Waals surface area contributed by atoms with E-state index in [9.17, 15) is 22.0 Å². The maximum atomic E-state index is 13.6. The van der Waals surface area contributed by atoms with Gasteiger partial charge in [-0.2, -0.15) is 4.37 Å². The Morgan fingerprint density at radius 2 is 1.80 bits per heavy atom. The third-order valence-corrected chi connectivity index (χ3v) is 8.30. The maximum Gasteiger partial charge on any atom is 0.257 e. The third kappa shape index (κ3) is 4.44. The summed E-state index contributed by atoms with van der Waals surface area (Å²) in [5.74, 6) is -0.393.